The Kier molecular flexibility index (Phi) is 5.75. The van der Waals surface area contributed by atoms with E-state index < -0.39 is 0 Å². The molecule has 4 rings (SSSR count). The molecule has 0 radical (unpaired) electrons. The number of carbonyl (C=O) groups excluding carboxylic acids is 1. The zero-order chi connectivity index (χ0) is 20.9. The smallest absolute Gasteiger partial charge is 0.224 e. The third kappa shape index (κ3) is 4.49. The van der Waals surface area contributed by atoms with Crippen LogP contribution in [0.1, 0.15) is 18.3 Å². The molecule has 1 aromatic heterocycles. The summed E-state index contributed by atoms with van der Waals surface area (Å²) >= 11 is 0. The summed E-state index contributed by atoms with van der Waals surface area (Å²) in [5.74, 6) is 0.823. The highest BCUT2D eigenvalue weighted by molar-refractivity contribution is 5.79. The standard InChI is InChI=1S/C26H25N3O/c1-19(2)18-29-24-11-7-6-10-23(24)28-25(29)17-27-26(30)16-20-12-14-22(15-13-20)21-8-4-3-5-9-21/h3-15H,1,16-18H2,2H3,(H,27,30). The average Bonchev–Trinajstić information content (AvgIpc) is 3.10. The van der Waals surface area contributed by atoms with Crippen molar-refractivity contribution in [3.63, 3.8) is 0 Å². The van der Waals surface area contributed by atoms with Crippen molar-refractivity contribution in [2.75, 3.05) is 0 Å². The zero-order valence-corrected chi connectivity index (χ0v) is 17.1. The minimum Gasteiger partial charge on any atom is -0.349 e. The number of benzene rings is 3. The lowest BCUT2D eigenvalue weighted by atomic mass is 10.0. The Bertz CT molecular complexity index is 1170. The second-order valence-corrected chi connectivity index (χ2v) is 7.58. The van der Waals surface area contributed by atoms with Crippen molar-refractivity contribution in [2.45, 2.75) is 26.4 Å². The number of imidazole rings is 1. The van der Waals surface area contributed by atoms with Crippen molar-refractivity contribution in [3.05, 3.63) is 102 Å². The molecule has 0 saturated heterocycles. The molecule has 30 heavy (non-hydrogen) atoms. The second-order valence-electron chi connectivity index (χ2n) is 7.58. The van der Waals surface area contributed by atoms with E-state index in [1.807, 2.05) is 61.5 Å². The van der Waals surface area contributed by atoms with Crippen LogP contribution in [0.3, 0.4) is 0 Å². The monoisotopic (exact) mass is 395 g/mol. The highest BCUT2D eigenvalue weighted by Crippen LogP contribution is 2.20. The molecular formula is C26H25N3O. The van der Waals surface area contributed by atoms with Crippen LogP contribution in [0.15, 0.2) is 91.0 Å². The Hall–Kier alpha value is -3.66. The maximum atomic E-state index is 12.5. The second kappa shape index (κ2) is 8.78. The molecule has 0 aliphatic rings. The van der Waals surface area contributed by atoms with Crippen molar-refractivity contribution in [1.29, 1.82) is 0 Å². The fraction of sp³-hybridized carbons (Fsp3) is 0.154. The first-order valence-corrected chi connectivity index (χ1v) is 10.1. The van der Waals surface area contributed by atoms with Crippen LogP contribution in [0.25, 0.3) is 22.2 Å². The predicted octanol–water partition coefficient (Wildman–Crippen LogP) is 5.14. The van der Waals surface area contributed by atoms with Gasteiger partial charge < -0.3 is 9.88 Å². The molecule has 1 N–H and O–H groups in total. The van der Waals surface area contributed by atoms with E-state index in [9.17, 15) is 4.79 Å². The van der Waals surface area contributed by atoms with Crippen LogP contribution in [0.4, 0.5) is 0 Å². The van der Waals surface area contributed by atoms with Crippen LogP contribution in [0.2, 0.25) is 0 Å². The first-order valence-electron chi connectivity index (χ1n) is 10.1. The summed E-state index contributed by atoms with van der Waals surface area (Å²) in [5.41, 5.74) is 6.34. The normalized spacial score (nSPS) is 10.8. The molecule has 4 nitrogen and oxygen atoms in total. The summed E-state index contributed by atoms with van der Waals surface area (Å²) in [6, 6.07) is 26.4. The number of nitrogens with zero attached hydrogens (tertiary/aromatic N) is 2. The average molecular weight is 396 g/mol. The third-order valence-corrected chi connectivity index (χ3v) is 5.03. The van der Waals surface area contributed by atoms with Gasteiger partial charge >= 0.3 is 0 Å². The quantitative estimate of drug-likeness (QED) is 0.441. The number of hydrogen-bond donors (Lipinski definition) is 1. The molecule has 0 bridgehead atoms. The van der Waals surface area contributed by atoms with Gasteiger partial charge in [0, 0.05) is 6.54 Å². The number of fused-ring (bicyclic) bond motifs is 1. The lowest BCUT2D eigenvalue weighted by Gasteiger charge is -2.10. The van der Waals surface area contributed by atoms with Gasteiger partial charge in [-0.25, -0.2) is 4.98 Å². The lowest BCUT2D eigenvalue weighted by Crippen LogP contribution is -2.26. The minimum absolute atomic E-state index is 0.0172. The van der Waals surface area contributed by atoms with Gasteiger partial charge in [-0.05, 0) is 35.7 Å². The number of hydrogen-bond acceptors (Lipinski definition) is 2. The number of para-hydroxylation sites is 2. The van der Waals surface area contributed by atoms with E-state index in [0.717, 1.165) is 33.6 Å². The molecule has 0 unspecified atom stereocenters. The maximum Gasteiger partial charge on any atom is 0.224 e. The molecule has 0 atom stereocenters. The minimum atomic E-state index is -0.0172. The first kappa shape index (κ1) is 19.6. The topological polar surface area (TPSA) is 46.9 Å². The van der Waals surface area contributed by atoms with Gasteiger partial charge in [0.1, 0.15) is 5.82 Å². The molecular weight excluding hydrogens is 370 g/mol. The van der Waals surface area contributed by atoms with Crippen LogP contribution in [0, 0.1) is 0 Å². The van der Waals surface area contributed by atoms with Gasteiger partial charge in [0.15, 0.2) is 0 Å². The highest BCUT2D eigenvalue weighted by Gasteiger charge is 2.12. The number of carbonyl (C=O) groups is 1. The molecule has 1 amide bonds. The van der Waals surface area contributed by atoms with Crippen molar-refractivity contribution in [3.8, 4) is 11.1 Å². The van der Waals surface area contributed by atoms with Gasteiger partial charge in [-0.15, -0.1) is 0 Å². The van der Waals surface area contributed by atoms with E-state index in [-0.39, 0.29) is 5.91 Å². The van der Waals surface area contributed by atoms with Crippen LogP contribution in [-0.4, -0.2) is 15.5 Å². The van der Waals surface area contributed by atoms with Gasteiger partial charge in [-0.3, -0.25) is 4.79 Å². The summed E-state index contributed by atoms with van der Waals surface area (Å²) in [5, 5.41) is 3.02. The fourth-order valence-electron chi connectivity index (χ4n) is 3.58. The molecule has 150 valence electrons. The van der Waals surface area contributed by atoms with Gasteiger partial charge in [0.05, 0.1) is 24.0 Å². The van der Waals surface area contributed by atoms with Crippen molar-refractivity contribution in [2.24, 2.45) is 0 Å². The Morgan fingerprint density at radius 2 is 1.60 bits per heavy atom. The molecule has 0 saturated carbocycles. The summed E-state index contributed by atoms with van der Waals surface area (Å²) in [7, 11) is 0. The molecule has 4 aromatic rings. The van der Waals surface area contributed by atoms with Crippen molar-refractivity contribution >= 4 is 16.9 Å². The Balaban J connectivity index is 1.42. The zero-order valence-electron chi connectivity index (χ0n) is 17.1. The SMILES string of the molecule is C=C(C)Cn1c(CNC(=O)Cc2ccc(-c3ccccc3)cc2)nc2ccccc21. The van der Waals surface area contributed by atoms with Crippen LogP contribution < -0.4 is 5.32 Å². The van der Waals surface area contributed by atoms with Gasteiger partial charge in [0.25, 0.3) is 0 Å². The maximum absolute atomic E-state index is 12.5. The number of rotatable bonds is 7. The summed E-state index contributed by atoms with van der Waals surface area (Å²) in [4.78, 5) is 17.2. The molecule has 3 aromatic carbocycles. The molecule has 0 aliphatic carbocycles. The molecule has 0 aliphatic heterocycles. The van der Waals surface area contributed by atoms with Crippen molar-refractivity contribution in [1.82, 2.24) is 14.9 Å². The van der Waals surface area contributed by atoms with E-state index in [0.29, 0.717) is 19.5 Å². The number of allylic oxidation sites excluding steroid dienone is 1. The van der Waals surface area contributed by atoms with Crippen molar-refractivity contribution < 1.29 is 4.79 Å². The Morgan fingerprint density at radius 3 is 2.33 bits per heavy atom. The number of amides is 1. The summed E-state index contributed by atoms with van der Waals surface area (Å²) < 4.78 is 2.12. The number of aromatic nitrogens is 2. The van der Waals surface area contributed by atoms with E-state index in [1.54, 1.807) is 0 Å². The summed E-state index contributed by atoms with van der Waals surface area (Å²) in [6.45, 7) is 7.10. The van der Waals surface area contributed by atoms with E-state index >= 15 is 0 Å². The Labute approximate surface area is 176 Å². The molecule has 0 spiro atoms. The van der Waals surface area contributed by atoms with Gasteiger partial charge in [-0.1, -0.05) is 78.9 Å². The molecule has 4 heteroatoms. The summed E-state index contributed by atoms with van der Waals surface area (Å²) in [6.07, 6.45) is 0.343. The fourth-order valence-corrected chi connectivity index (χ4v) is 3.58. The Morgan fingerprint density at radius 1 is 0.933 bits per heavy atom. The largest absolute Gasteiger partial charge is 0.349 e. The van der Waals surface area contributed by atoms with E-state index in [4.69, 9.17) is 4.98 Å². The first-order chi connectivity index (χ1) is 14.6. The van der Waals surface area contributed by atoms with Gasteiger partial charge in [-0.2, -0.15) is 0 Å². The van der Waals surface area contributed by atoms with E-state index in [1.165, 1.54) is 5.56 Å². The predicted molar refractivity (Wildman–Crippen MR) is 122 cm³/mol. The molecule has 0 fully saturated rings. The van der Waals surface area contributed by atoms with Crippen LogP contribution in [-0.2, 0) is 24.3 Å². The van der Waals surface area contributed by atoms with Gasteiger partial charge in [0.2, 0.25) is 5.91 Å². The van der Waals surface area contributed by atoms with Crippen LogP contribution >= 0.6 is 0 Å². The van der Waals surface area contributed by atoms with E-state index in [2.05, 4.69) is 40.7 Å². The van der Waals surface area contributed by atoms with Crippen LogP contribution in [0.5, 0.6) is 0 Å². The third-order valence-electron chi connectivity index (χ3n) is 5.03. The molecule has 1 heterocycles. The highest BCUT2D eigenvalue weighted by atomic mass is 16.1. The lowest BCUT2D eigenvalue weighted by molar-refractivity contribution is -0.120. The number of nitrogens with one attached hydrogen (secondary N) is 1.